The van der Waals surface area contributed by atoms with Gasteiger partial charge in [-0.3, -0.25) is 0 Å². The molecule has 0 aromatic carbocycles. The van der Waals surface area contributed by atoms with Crippen molar-refractivity contribution >= 4 is 0 Å². The van der Waals surface area contributed by atoms with E-state index in [9.17, 15) is 0 Å². The molecule has 0 unspecified atom stereocenters. The zero-order valence-corrected chi connectivity index (χ0v) is 10.6. The summed E-state index contributed by atoms with van der Waals surface area (Å²) in [5.74, 6) is 0. The second-order valence-electron chi connectivity index (χ2n) is 3.79. The zero-order valence-electron chi connectivity index (χ0n) is 10.6. The minimum Gasteiger partial charge on any atom is -0.498 e. The summed E-state index contributed by atoms with van der Waals surface area (Å²) in [4.78, 5) is 0. The first-order valence-electron chi connectivity index (χ1n) is 5.99. The fourth-order valence-corrected chi connectivity index (χ4v) is 1.59. The standard InChI is InChI=1S/C15H24O2/c1-5-9-14(16-8-4)11-12-15(10-6-2)17-13-7-3/h5-8,14-15H,1-4,9-13H2/t14-,15+/m1/s1. The van der Waals surface area contributed by atoms with Gasteiger partial charge in [0.1, 0.15) is 6.10 Å². The second-order valence-corrected chi connectivity index (χ2v) is 3.79. The number of ether oxygens (including phenoxy) is 2. The van der Waals surface area contributed by atoms with Crippen molar-refractivity contribution in [3.63, 3.8) is 0 Å². The minimum atomic E-state index is 0.143. The van der Waals surface area contributed by atoms with Crippen LogP contribution < -0.4 is 0 Å². The van der Waals surface area contributed by atoms with Gasteiger partial charge in [0, 0.05) is 6.42 Å². The summed E-state index contributed by atoms with van der Waals surface area (Å²) in [6, 6.07) is 0. The van der Waals surface area contributed by atoms with Gasteiger partial charge >= 0.3 is 0 Å². The first kappa shape index (κ1) is 15.7. The van der Waals surface area contributed by atoms with Crippen LogP contribution >= 0.6 is 0 Å². The molecule has 96 valence electrons. The van der Waals surface area contributed by atoms with Gasteiger partial charge in [-0.15, -0.1) is 19.7 Å². The number of hydrogen-bond acceptors (Lipinski definition) is 2. The van der Waals surface area contributed by atoms with E-state index in [1.807, 2.05) is 12.2 Å². The lowest BCUT2D eigenvalue weighted by molar-refractivity contribution is 0.0511. The molecule has 0 aromatic rings. The van der Waals surface area contributed by atoms with E-state index in [1.165, 1.54) is 6.26 Å². The predicted molar refractivity (Wildman–Crippen MR) is 73.9 cm³/mol. The van der Waals surface area contributed by atoms with Gasteiger partial charge < -0.3 is 9.47 Å². The highest BCUT2D eigenvalue weighted by molar-refractivity contribution is 4.79. The van der Waals surface area contributed by atoms with Crippen LogP contribution in [-0.4, -0.2) is 18.8 Å². The molecule has 0 aliphatic rings. The van der Waals surface area contributed by atoms with Crippen molar-refractivity contribution in [2.75, 3.05) is 6.61 Å². The van der Waals surface area contributed by atoms with Crippen LogP contribution in [0.15, 0.2) is 50.8 Å². The third-order valence-electron chi connectivity index (χ3n) is 2.41. The van der Waals surface area contributed by atoms with Crippen molar-refractivity contribution in [3.8, 4) is 0 Å². The topological polar surface area (TPSA) is 18.5 Å². The Balaban J connectivity index is 4.03. The van der Waals surface area contributed by atoms with Crippen molar-refractivity contribution in [2.24, 2.45) is 0 Å². The van der Waals surface area contributed by atoms with E-state index in [2.05, 4.69) is 26.3 Å². The van der Waals surface area contributed by atoms with Crippen molar-refractivity contribution in [3.05, 3.63) is 50.8 Å². The smallest absolute Gasteiger partial charge is 0.101 e. The van der Waals surface area contributed by atoms with E-state index >= 15 is 0 Å². The van der Waals surface area contributed by atoms with Crippen molar-refractivity contribution in [2.45, 2.75) is 37.9 Å². The largest absolute Gasteiger partial charge is 0.498 e. The summed E-state index contributed by atoms with van der Waals surface area (Å²) < 4.78 is 11.0. The van der Waals surface area contributed by atoms with Crippen LogP contribution in [0.1, 0.15) is 25.7 Å². The molecular weight excluding hydrogens is 212 g/mol. The highest BCUT2D eigenvalue weighted by atomic mass is 16.5. The highest BCUT2D eigenvalue weighted by Crippen LogP contribution is 2.14. The van der Waals surface area contributed by atoms with Crippen molar-refractivity contribution in [1.29, 1.82) is 0 Å². The van der Waals surface area contributed by atoms with Crippen LogP contribution in [0.25, 0.3) is 0 Å². The molecule has 0 radical (unpaired) electrons. The molecule has 0 amide bonds. The van der Waals surface area contributed by atoms with E-state index in [1.54, 1.807) is 6.08 Å². The van der Waals surface area contributed by atoms with Crippen LogP contribution in [0.2, 0.25) is 0 Å². The van der Waals surface area contributed by atoms with Crippen LogP contribution in [0.3, 0.4) is 0 Å². The van der Waals surface area contributed by atoms with Gasteiger partial charge in [-0.25, -0.2) is 0 Å². The van der Waals surface area contributed by atoms with E-state index < -0.39 is 0 Å². The molecule has 0 spiro atoms. The summed E-state index contributed by atoms with van der Waals surface area (Å²) in [7, 11) is 0. The molecule has 0 fully saturated rings. The maximum Gasteiger partial charge on any atom is 0.101 e. The van der Waals surface area contributed by atoms with Gasteiger partial charge in [-0.1, -0.05) is 24.8 Å². The highest BCUT2D eigenvalue weighted by Gasteiger charge is 2.12. The molecule has 2 atom stereocenters. The summed E-state index contributed by atoms with van der Waals surface area (Å²) in [5.41, 5.74) is 0. The normalized spacial score (nSPS) is 13.4. The van der Waals surface area contributed by atoms with Gasteiger partial charge in [0.15, 0.2) is 0 Å². The lowest BCUT2D eigenvalue weighted by atomic mass is 10.1. The molecule has 17 heavy (non-hydrogen) atoms. The van der Waals surface area contributed by atoms with E-state index in [0.717, 1.165) is 25.7 Å². The predicted octanol–water partition coefficient (Wildman–Crippen LogP) is 4.02. The Morgan fingerprint density at radius 1 is 0.824 bits per heavy atom. The first-order valence-corrected chi connectivity index (χ1v) is 5.99. The molecule has 0 bridgehead atoms. The summed E-state index contributed by atoms with van der Waals surface area (Å²) >= 11 is 0. The Kier molecular flexibility index (Phi) is 10.4. The Bertz CT molecular complexity index is 223. The lowest BCUT2D eigenvalue weighted by Gasteiger charge is -2.19. The monoisotopic (exact) mass is 236 g/mol. The second kappa shape index (κ2) is 11.2. The van der Waals surface area contributed by atoms with E-state index in [-0.39, 0.29) is 12.2 Å². The molecular formula is C15H24O2. The molecule has 2 heteroatoms. The summed E-state index contributed by atoms with van der Waals surface area (Å²) in [6.07, 6.45) is 10.9. The SMILES string of the molecule is C=CCO[C@@H](CC=C)CC[C@@H](CC=C)OC=C. The summed E-state index contributed by atoms with van der Waals surface area (Å²) in [6.45, 7) is 15.3. The van der Waals surface area contributed by atoms with E-state index in [0.29, 0.717) is 6.61 Å². The van der Waals surface area contributed by atoms with Crippen LogP contribution in [0, 0.1) is 0 Å². The molecule has 0 aromatic heterocycles. The van der Waals surface area contributed by atoms with Gasteiger partial charge in [0.05, 0.1) is 19.0 Å². The van der Waals surface area contributed by atoms with Crippen LogP contribution in [-0.2, 0) is 9.47 Å². The fourth-order valence-electron chi connectivity index (χ4n) is 1.59. The van der Waals surface area contributed by atoms with E-state index in [4.69, 9.17) is 9.47 Å². The number of hydrogen-bond donors (Lipinski definition) is 0. The molecule has 0 N–H and O–H groups in total. The van der Waals surface area contributed by atoms with Crippen molar-refractivity contribution < 1.29 is 9.47 Å². The average Bonchev–Trinajstić information content (AvgIpc) is 2.33. The van der Waals surface area contributed by atoms with Gasteiger partial charge in [-0.05, 0) is 19.3 Å². The maximum atomic E-state index is 5.64. The maximum absolute atomic E-state index is 5.64. The molecule has 0 heterocycles. The molecule has 0 saturated heterocycles. The van der Waals surface area contributed by atoms with Crippen LogP contribution in [0.4, 0.5) is 0 Å². The third kappa shape index (κ3) is 8.52. The molecule has 0 aliphatic heterocycles. The molecule has 2 nitrogen and oxygen atoms in total. The molecule has 0 rings (SSSR count). The molecule has 0 aliphatic carbocycles. The minimum absolute atomic E-state index is 0.143. The molecule has 0 saturated carbocycles. The Morgan fingerprint density at radius 2 is 1.41 bits per heavy atom. The number of rotatable bonds is 12. The van der Waals surface area contributed by atoms with Crippen molar-refractivity contribution in [1.82, 2.24) is 0 Å². The van der Waals surface area contributed by atoms with Gasteiger partial charge in [0.2, 0.25) is 0 Å². The lowest BCUT2D eigenvalue weighted by Crippen LogP contribution is -2.17. The summed E-state index contributed by atoms with van der Waals surface area (Å²) in [5, 5.41) is 0. The Labute approximate surface area is 105 Å². The first-order chi connectivity index (χ1) is 8.28. The zero-order chi connectivity index (χ0) is 12.9. The Morgan fingerprint density at radius 3 is 1.94 bits per heavy atom. The van der Waals surface area contributed by atoms with Gasteiger partial charge in [0.25, 0.3) is 0 Å². The third-order valence-corrected chi connectivity index (χ3v) is 2.41. The van der Waals surface area contributed by atoms with Crippen LogP contribution in [0.5, 0.6) is 0 Å². The van der Waals surface area contributed by atoms with Gasteiger partial charge in [-0.2, -0.15) is 0 Å². The average molecular weight is 236 g/mol. The fraction of sp³-hybridized carbons (Fsp3) is 0.467. The Hall–Kier alpha value is -1.28. The quantitative estimate of drug-likeness (QED) is 0.376.